The van der Waals surface area contributed by atoms with E-state index in [0.717, 1.165) is 0 Å². The molecule has 4 heterocycles. The number of aliphatic hydroxyl groups excluding tert-OH is 1. The molecule has 2 bridgehead atoms. The van der Waals surface area contributed by atoms with E-state index in [1.807, 2.05) is 18.2 Å². The molecule has 1 aromatic carbocycles. The van der Waals surface area contributed by atoms with E-state index in [1.165, 1.54) is 0 Å². The van der Waals surface area contributed by atoms with Crippen LogP contribution < -0.4 is 19.7 Å². The number of fused-ring (bicyclic) bond motifs is 2. The van der Waals surface area contributed by atoms with Gasteiger partial charge < -0.3 is 29.5 Å². The zero-order chi connectivity index (χ0) is 18.6. The lowest BCUT2D eigenvalue weighted by molar-refractivity contribution is -0.131. The number of carbonyl (C=O) groups excluding carboxylic acids is 2. The van der Waals surface area contributed by atoms with E-state index in [-0.39, 0.29) is 31.3 Å². The zero-order valence-electron chi connectivity index (χ0n) is 14.6. The topological polar surface area (TPSA) is 97.3 Å². The molecular formula is C19H20N2O6. The quantitative estimate of drug-likeness (QED) is 0.566. The van der Waals surface area contributed by atoms with Gasteiger partial charge in [0.2, 0.25) is 18.6 Å². The third-order valence-corrected chi connectivity index (χ3v) is 5.71. The summed E-state index contributed by atoms with van der Waals surface area (Å²) in [5.74, 6) is -0.170. The van der Waals surface area contributed by atoms with Crippen LogP contribution in [0.15, 0.2) is 30.4 Å². The minimum Gasteiger partial charge on any atom is -0.454 e. The van der Waals surface area contributed by atoms with Crippen LogP contribution in [0.1, 0.15) is 6.42 Å². The SMILES string of the molecule is O=C(NCCCO)[C@H]1[C@H]2C(=O)N(c3ccc4c(c3)OCO4)C[C@@]23C=C[C@H]1O3. The normalized spacial score (nSPS) is 32.3. The molecule has 142 valence electrons. The minimum atomic E-state index is -0.767. The second-order valence-corrected chi connectivity index (χ2v) is 7.23. The van der Waals surface area contributed by atoms with Crippen molar-refractivity contribution < 1.29 is 28.9 Å². The number of ether oxygens (including phenoxy) is 3. The van der Waals surface area contributed by atoms with Gasteiger partial charge in [-0.3, -0.25) is 9.59 Å². The summed E-state index contributed by atoms with van der Waals surface area (Å²) in [6.07, 6.45) is 3.90. The molecule has 2 fully saturated rings. The molecule has 2 N–H and O–H groups in total. The molecule has 4 aliphatic heterocycles. The number of nitrogens with zero attached hydrogens (tertiary/aromatic N) is 1. The molecule has 4 atom stereocenters. The van der Waals surface area contributed by atoms with Gasteiger partial charge in [-0.25, -0.2) is 0 Å². The first-order valence-corrected chi connectivity index (χ1v) is 9.10. The van der Waals surface area contributed by atoms with Gasteiger partial charge in [0.1, 0.15) is 5.60 Å². The highest BCUT2D eigenvalue weighted by atomic mass is 16.7. The number of anilines is 1. The minimum absolute atomic E-state index is 0.00890. The van der Waals surface area contributed by atoms with Crippen LogP contribution in [-0.4, -0.2) is 55.1 Å². The van der Waals surface area contributed by atoms with E-state index in [0.29, 0.717) is 36.7 Å². The molecule has 0 aromatic heterocycles. The molecule has 8 nitrogen and oxygen atoms in total. The summed E-state index contributed by atoms with van der Waals surface area (Å²) in [6, 6.07) is 5.38. The van der Waals surface area contributed by atoms with Gasteiger partial charge in [-0.05, 0) is 18.6 Å². The van der Waals surface area contributed by atoms with E-state index in [4.69, 9.17) is 19.3 Å². The average molecular weight is 372 g/mol. The van der Waals surface area contributed by atoms with Crippen molar-refractivity contribution in [3.05, 3.63) is 30.4 Å². The summed E-state index contributed by atoms with van der Waals surface area (Å²) in [5.41, 5.74) is -0.0650. The van der Waals surface area contributed by atoms with Gasteiger partial charge in [0, 0.05) is 24.9 Å². The van der Waals surface area contributed by atoms with Crippen LogP contribution in [0.2, 0.25) is 0 Å². The van der Waals surface area contributed by atoms with Crippen molar-refractivity contribution in [2.24, 2.45) is 11.8 Å². The molecule has 1 spiro atoms. The van der Waals surface area contributed by atoms with Crippen molar-refractivity contribution in [1.82, 2.24) is 5.32 Å². The number of rotatable bonds is 5. The summed E-state index contributed by atoms with van der Waals surface area (Å²) in [7, 11) is 0. The Kier molecular flexibility index (Phi) is 3.66. The van der Waals surface area contributed by atoms with Gasteiger partial charge in [0.05, 0.1) is 24.5 Å². The molecule has 8 heteroatoms. The third kappa shape index (κ3) is 2.36. The molecule has 0 aliphatic carbocycles. The number of carbonyl (C=O) groups is 2. The van der Waals surface area contributed by atoms with Crippen molar-refractivity contribution >= 4 is 17.5 Å². The van der Waals surface area contributed by atoms with Gasteiger partial charge in [-0.2, -0.15) is 0 Å². The van der Waals surface area contributed by atoms with Crippen LogP contribution in [-0.2, 0) is 14.3 Å². The van der Waals surface area contributed by atoms with Crippen LogP contribution in [0, 0.1) is 11.8 Å². The molecule has 5 rings (SSSR count). The summed E-state index contributed by atoms with van der Waals surface area (Å²) < 4.78 is 16.8. The molecule has 0 unspecified atom stereocenters. The van der Waals surface area contributed by atoms with Crippen molar-refractivity contribution in [2.75, 3.05) is 31.4 Å². The molecule has 2 amide bonds. The van der Waals surface area contributed by atoms with Crippen LogP contribution >= 0.6 is 0 Å². The summed E-state index contributed by atoms with van der Waals surface area (Å²) in [6.45, 7) is 0.920. The maximum Gasteiger partial charge on any atom is 0.234 e. The fourth-order valence-electron chi connectivity index (χ4n) is 4.48. The van der Waals surface area contributed by atoms with E-state index in [1.54, 1.807) is 17.0 Å². The second-order valence-electron chi connectivity index (χ2n) is 7.23. The predicted molar refractivity (Wildman–Crippen MR) is 93.4 cm³/mol. The van der Waals surface area contributed by atoms with Gasteiger partial charge in [-0.1, -0.05) is 12.2 Å². The van der Waals surface area contributed by atoms with Crippen LogP contribution in [0.4, 0.5) is 5.69 Å². The first-order valence-electron chi connectivity index (χ1n) is 9.10. The summed E-state index contributed by atoms with van der Waals surface area (Å²) in [4.78, 5) is 27.6. The highest BCUT2D eigenvalue weighted by molar-refractivity contribution is 6.03. The van der Waals surface area contributed by atoms with E-state index < -0.39 is 17.4 Å². The molecule has 4 aliphatic rings. The lowest BCUT2D eigenvalue weighted by Gasteiger charge is -2.23. The number of hydrogen-bond donors (Lipinski definition) is 2. The fourth-order valence-corrected chi connectivity index (χ4v) is 4.48. The Morgan fingerprint density at radius 2 is 2.19 bits per heavy atom. The Labute approximate surface area is 155 Å². The largest absolute Gasteiger partial charge is 0.454 e. The van der Waals surface area contributed by atoms with Gasteiger partial charge in [0.25, 0.3) is 0 Å². The van der Waals surface area contributed by atoms with Gasteiger partial charge in [-0.15, -0.1) is 0 Å². The Morgan fingerprint density at radius 1 is 1.33 bits per heavy atom. The van der Waals surface area contributed by atoms with Crippen LogP contribution in [0.25, 0.3) is 0 Å². The lowest BCUT2D eigenvalue weighted by atomic mass is 9.77. The number of nitrogens with one attached hydrogen (secondary N) is 1. The third-order valence-electron chi connectivity index (χ3n) is 5.71. The maximum absolute atomic E-state index is 13.2. The molecule has 1 aromatic rings. The highest BCUT2D eigenvalue weighted by Gasteiger charge is 2.67. The highest BCUT2D eigenvalue weighted by Crippen LogP contribution is 2.53. The Morgan fingerprint density at radius 3 is 3.04 bits per heavy atom. The molecule has 2 saturated heterocycles. The van der Waals surface area contributed by atoms with Crippen molar-refractivity contribution in [3.63, 3.8) is 0 Å². The standard InChI is InChI=1S/C19H20N2O6/c22-7-1-6-20-17(23)15-13-4-5-19(27-13)9-21(18(24)16(15)19)11-2-3-12-14(8-11)26-10-25-12/h2-5,8,13,15-16,22H,1,6-7,9-10H2,(H,20,23)/t13-,15-,16+,19+/m1/s1. The second kappa shape index (κ2) is 5.97. The smallest absolute Gasteiger partial charge is 0.234 e. The number of aliphatic hydroxyl groups is 1. The molecular weight excluding hydrogens is 352 g/mol. The Hall–Kier alpha value is -2.58. The van der Waals surface area contributed by atoms with E-state index >= 15 is 0 Å². The first kappa shape index (κ1) is 16.6. The van der Waals surface area contributed by atoms with E-state index in [2.05, 4.69) is 5.32 Å². The van der Waals surface area contributed by atoms with E-state index in [9.17, 15) is 9.59 Å². The Bertz CT molecular complexity index is 839. The fraction of sp³-hybridized carbons (Fsp3) is 0.474. The Balaban J connectivity index is 1.42. The number of amides is 2. The van der Waals surface area contributed by atoms with Gasteiger partial charge >= 0.3 is 0 Å². The zero-order valence-corrected chi connectivity index (χ0v) is 14.6. The number of hydrogen-bond acceptors (Lipinski definition) is 6. The van der Waals surface area contributed by atoms with Crippen LogP contribution in [0.3, 0.4) is 0 Å². The molecule has 0 saturated carbocycles. The van der Waals surface area contributed by atoms with Crippen molar-refractivity contribution in [2.45, 2.75) is 18.1 Å². The lowest BCUT2D eigenvalue weighted by Crippen LogP contribution is -2.44. The van der Waals surface area contributed by atoms with Crippen molar-refractivity contribution in [1.29, 1.82) is 0 Å². The summed E-state index contributed by atoms with van der Waals surface area (Å²) >= 11 is 0. The monoisotopic (exact) mass is 372 g/mol. The van der Waals surface area contributed by atoms with Crippen molar-refractivity contribution in [3.8, 4) is 11.5 Å². The predicted octanol–water partition coefficient (Wildman–Crippen LogP) is 0.200. The average Bonchev–Trinajstić information content (AvgIpc) is 3.41. The summed E-state index contributed by atoms with van der Waals surface area (Å²) in [5, 5.41) is 11.7. The maximum atomic E-state index is 13.2. The molecule has 27 heavy (non-hydrogen) atoms. The van der Waals surface area contributed by atoms with Crippen LogP contribution in [0.5, 0.6) is 11.5 Å². The number of benzene rings is 1. The van der Waals surface area contributed by atoms with Gasteiger partial charge in [0.15, 0.2) is 11.5 Å². The molecule has 0 radical (unpaired) electrons. The first-order chi connectivity index (χ1) is 13.1.